The molecule has 2 aliphatic rings. The summed E-state index contributed by atoms with van der Waals surface area (Å²) in [6, 6.07) is 4.15. The molecule has 1 unspecified atom stereocenters. The van der Waals surface area contributed by atoms with Crippen LogP contribution in [0.2, 0.25) is 0 Å². The summed E-state index contributed by atoms with van der Waals surface area (Å²) in [6.45, 7) is 6.61. The van der Waals surface area contributed by atoms with Crippen molar-refractivity contribution in [3.63, 3.8) is 0 Å². The van der Waals surface area contributed by atoms with Crippen molar-refractivity contribution in [2.75, 3.05) is 26.7 Å². The molecule has 3 nitrogen and oxygen atoms in total. The summed E-state index contributed by atoms with van der Waals surface area (Å²) in [6.07, 6.45) is 4.20. The maximum atomic E-state index is 5.64. The van der Waals surface area contributed by atoms with Gasteiger partial charge in [-0.2, -0.15) is 0 Å². The van der Waals surface area contributed by atoms with Crippen LogP contribution in [0.5, 0.6) is 0 Å². The molecule has 2 heterocycles. The third kappa shape index (κ3) is 2.47. The van der Waals surface area contributed by atoms with Gasteiger partial charge < -0.3 is 9.73 Å². The van der Waals surface area contributed by atoms with Gasteiger partial charge in [0.15, 0.2) is 0 Å². The van der Waals surface area contributed by atoms with E-state index in [0.29, 0.717) is 5.41 Å². The average Bonchev–Trinajstić information content (AvgIpc) is 2.80. The summed E-state index contributed by atoms with van der Waals surface area (Å²) in [5, 5.41) is 3.47. The van der Waals surface area contributed by atoms with Gasteiger partial charge in [-0.3, -0.25) is 4.90 Å². The number of hydrogen-bond acceptors (Lipinski definition) is 3. The van der Waals surface area contributed by atoms with E-state index in [1.807, 2.05) is 6.92 Å². The van der Waals surface area contributed by atoms with Crippen LogP contribution in [0, 0.1) is 18.3 Å². The van der Waals surface area contributed by atoms with Crippen LogP contribution in [0.25, 0.3) is 0 Å². The first kappa shape index (κ1) is 12.2. The summed E-state index contributed by atoms with van der Waals surface area (Å²) >= 11 is 0. The molecule has 3 heteroatoms. The molecule has 1 aromatic heterocycles. The van der Waals surface area contributed by atoms with Gasteiger partial charge in [-0.1, -0.05) is 0 Å². The minimum Gasteiger partial charge on any atom is -0.465 e. The first-order chi connectivity index (χ1) is 8.68. The first-order valence-corrected chi connectivity index (χ1v) is 7.13. The molecule has 1 aliphatic heterocycles. The Labute approximate surface area is 110 Å². The SMILES string of the molecule is Cc1ccc(CN(C)CC2CC23CCNCC3)o1. The van der Waals surface area contributed by atoms with Crippen LogP contribution in [-0.2, 0) is 6.54 Å². The van der Waals surface area contributed by atoms with E-state index in [0.717, 1.165) is 24.0 Å². The van der Waals surface area contributed by atoms with Gasteiger partial charge in [0.1, 0.15) is 11.5 Å². The zero-order valence-corrected chi connectivity index (χ0v) is 11.5. The highest BCUT2D eigenvalue weighted by molar-refractivity contribution is 5.07. The molecule has 1 N–H and O–H groups in total. The van der Waals surface area contributed by atoms with E-state index in [1.54, 1.807) is 0 Å². The van der Waals surface area contributed by atoms with E-state index in [2.05, 4.69) is 29.4 Å². The molecular weight excluding hydrogens is 224 g/mol. The number of aryl methyl sites for hydroxylation is 1. The highest BCUT2D eigenvalue weighted by Gasteiger charge is 2.53. The lowest BCUT2D eigenvalue weighted by Gasteiger charge is -2.25. The molecule has 1 atom stereocenters. The number of nitrogens with zero attached hydrogens (tertiary/aromatic N) is 1. The molecule has 0 aromatic carbocycles. The minimum absolute atomic E-state index is 0.693. The molecule has 0 radical (unpaired) electrons. The Morgan fingerprint density at radius 1 is 1.39 bits per heavy atom. The van der Waals surface area contributed by atoms with Crippen molar-refractivity contribution in [3.05, 3.63) is 23.7 Å². The number of furan rings is 1. The number of nitrogens with one attached hydrogen (secondary N) is 1. The Hall–Kier alpha value is -0.800. The standard InChI is InChI=1S/C15H24N2O/c1-12-3-4-14(18-12)11-17(2)10-13-9-15(13)5-7-16-8-6-15/h3-4,13,16H,5-11H2,1-2H3. The van der Waals surface area contributed by atoms with Crippen molar-refractivity contribution < 1.29 is 4.42 Å². The first-order valence-electron chi connectivity index (χ1n) is 7.13. The molecule has 0 amide bonds. The van der Waals surface area contributed by atoms with Crippen molar-refractivity contribution in [1.82, 2.24) is 10.2 Å². The van der Waals surface area contributed by atoms with Crippen LogP contribution in [-0.4, -0.2) is 31.6 Å². The van der Waals surface area contributed by atoms with Crippen LogP contribution >= 0.6 is 0 Å². The fourth-order valence-corrected chi connectivity index (χ4v) is 3.50. The van der Waals surface area contributed by atoms with Crippen molar-refractivity contribution in [3.8, 4) is 0 Å². The van der Waals surface area contributed by atoms with Crippen LogP contribution in [0.1, 0.15) is 30.8 Å². The molecule has 18 heavy (non-hydrogen) atoms. The van der Waals surface area contributed by atoms with Gasteiger partial charge in [0.25, 0.3) is 0 Å². The predicted molar refractivity (Wildman–Crippen MR) is 72.4 cm³/mol. The topological polar surface area (TPSA) is 28.4 Å². The molecule has 2 fully saturated rings. The van der Waals surface area contributed by atoms with E-state index in [-0.39, 0.29) is 0 Å². The second kappa shape index (κ2) is 4.71. The molecule has 0 bridgehead atoms. The normalized spacial score (nSPS) is 25.8. The third-order valence-corrected chi connectivity index (χ3v) is 4.71. The Morgan fingerprint density at radius 2 is 2.17 bits per heavy atom. The van der Waals surface area contributed by atoms with Gasteiger partial charge in [-0.05, 0) is 69.8 Å². The van der Waals surface area contributed by atoms with Crippen LogP contribution in [0.3, 0.4) is 0 Å². The van der Waals surface area contributed by atoms with Crippen molar-refractivity contribution in [2.45, 2.75) is 32.7 Å². The smallest absolute Gasteiger partial charge is 0.118 e. The minimum atomic E-state index is 0.693. The molecule has 1 saturated carbocycles. The molecule has 1 aliphatic carbocycles. The second-order valence-electron chi connectivity index (χ2n) is 6.22. The highest BCUT2D eigenvalue weighted by Crippen LogP contribution is 2.58. The lowest BCUT2D eigenvalue weighted by molar-refractivity contribution is 0.243. The molecule has 1 aromatic rings. The fourth-order valence-electron chi connectivity index (χ4n) is 3.50. The fraction of sp³-hybridized carbons (Fsp3) is 0.733. The van der Waals surface area contributed by atoms with E-state index < -0.39 is 0 Å². The molecule has 3 rings (SSSR count). The van der Waals surface area contributed by atoms with Gasteiger partial charge >= 0.3 is 0 Å². The van der Waals surface area contributed by atoms with Crippen LogP contribution < -0.4 is 5.32 Å². The summed E-state index contributed by atoms with van der Waals surface area (Å²) in [4.78, 5) is 2.42. The van der Waals surface area contributed by atoms with E-state index in [1.165, 1.54) is 38.9 Å². The number of rotatable bonds is 4. The predicted octanol–water partition coefficient (Wildman–Crippen LogP) is 2.41. The Morgan fingerprint density at radius 3 is 2.83 bits per heavy atom. The lowest BCUT2D eigenvalue weighted by atomic mass is 9.92. The Bertz CT molecular complexity index is 406. The van der Waals surface area contributed by atoms with Crippen LogP contribution in [0.4, 0.5) is 0 Å². The number of piperidine rings is 1. The highest BCUT2D eigenvalue weighted by atomic mass is 16.3. The van der Waals surface area contributed by atoms with Gasteiger partial charge in [0, 0.05) is 6.54 Å². The second-order valence-corrected chi connectivity index (χ2v) is 6.22. The maximum Gasteiger partial charge on any atom is 0.118 e. The summed E-state index contributed by atoms with van der Waals surface area (Å²) in [5.41, 5.74) is 0.693. The third-order valence-electron chi connectivity index (χ3n) is 4.71. The average molecular weight is 248 g/mol. The zero-order chi connectivity index (χ0) is 12.6. The van der Waals surface area contributed by atoms with Crippen molar-refractivity contribution in [2.24, 2.45) is 11.3 Å². The summed E-state index contributed by atoms with van der Waals surface area (Å²) in [5.74, 6) is 3.02. The van der Waals surface area contributed by atoms with Crippen LogP contribution in [0.15, 0.2) is 16.5 Å². The largest absolute Gasteiger partial charge is 0.465 e. The van der Waals surface area contributed by atoms with Gasteiger partial charge in [-0.15, -0.1) is 0 Å². The van der Waals surface area contributed by atoms with Gasteiger partial charge in [0.2, 0.25) is 0 Å². The van der Waals surface area contributed by atoms with Crippen molar-refractivity contribution in [1.29, 1.82) is 0 Å². The Kier molecular flexibility index (Phi) is 3.20. The van der Waals surface area contributed by atoms with E-state index in [9.17, 15) is 0 Å². The van der Waals surface area contributed by atoms with E-state index in [4.69, 9.17) is 4.42 Å². The number of hydrogen-bond donors (Lipinski definition) is 1. The quantitative estimate of drug-likeness (QED) is 0.887. The molecular formula is C15H24N2O. The zero-order valence-electron chi connectivity index (χ0n) is 11.5. The van der Waals surface area contributed by atoms with Crippen molar-refractivity contribution >= 4 is 0 Å². The molecule has 1 saturated heterocycles. The Balaban J connectivity index is 1.49. The van der Waals surface area contributed by atoms with Gasteiger partial charge in [-0.25, -0.2) is 0 Å². The maximum absolute atomic E-state index is 5.64. The summed E-state index contributed by atoms with van der Waals surface area (Å²) in [7, 11) is 2.21. The molecule has 100 valence electrons. The van der Waals surface area contributed by atoms with Gasteiger partial charge in [0.05, 0.1) is 6.54 Å². The van der Waals surface area contributed by atoms with E-state index >= 15 is 0 Å². The monoisotopic (exact) mass is 248 g/mol. The lowest BCUT2D eigenvalue weighted by Crippen LogP contribution is -2.31. The summed E-state index contributed by atoms with van der Waals surface area (Å²) < 4.78 is 5.64. The molecule has 1 spiro atoms.